The van der Waals surface area contributed by atoms with Gasteiger partial charge in [-0.15, -0.1) is 0 Å². The molecule has 0 radical (unpaired) electrons. The second-order valence-electron chi connectivity index (χ2n) is 7.01. The molecule has 2 unspecified atom stereocenters. The van der Waals surface area contributed by atoms with Crippen molar-refractivity contribution >= 4 is 29.1 Å². The number of nitrogens with one attached hydrogen (secondary N) is 1. The van der Waals surface area contributed by atoms with E-state index in [0.29, 0.717) is 29.0 Å². The first kappa shape index (κ1) is 17.2. The zero-order chi connectivity index (χ0) is 18.1. The van der Waals surface area contributed by atoms with Crippen LogP contribution >= 0.6 is 11.8 Å². The molecule has 5 nitrogen and oxygen atoms in total. The molecule has 2 saturated heterocycles. The summed E-state index contributed by atoms with van der Waals surface area (Å²) in [6.07, 6.45) is 4.39. The van der Waals surface area contributed by atoms with Gasteiger partial charge in [0.25, 0.3) is 5.91 Å². The number of para-hydroxylation sites is 2. The van der Waals surface area contributed by atoms with Gasteiger partial charge in [-0.25, -0.2) is 4.42 Å². The van der Waals surface area contributed by atoms with Crippen molar-refractivity contribution in [2.24, 2.45) is 0 Å². The fraction of sp³-hybridized carbons (Fsp3) is 0.350. The highest BCUT2D eigenvalue weighted by atomic mass is 35.5. The summed E-state index contributed by atoms with van der Waals surface area (Å²) in [5, 5.41) is 2.83. The Morgan fingerprint density at radius 3 is 2.38 bits per heavy atom. The minimum Gasteiger partial charge on any atom is -0.490 e. The van der Waals surface area contributed by atoms with Crippen molar-refractivity contribution in [3.63, 3.8) is 0 Å². The molecule has 2 aromatic carbocycles. The largest absolute Gasteiger partial charge is 0.490 e. The number of hydrogen-bond acceptors (Lipinski definition) is 4. The van der Waals surface area contributed by atoms with Crippen LogP contribution in [0.4, 0.5) is 11.4 Å². The summed E-state index contributed by atoms with van der Waals surface area (Å²) >= 11 is 6.31. The predicted octanol–water partition coefficient (Wildman–Crippen LogP) is 4.05. The number of hydrogen-bond donors (Lipinski definition) is 2. The summed E-state index contributed by atoms with van der Waals surface area (Å²) in [5.41, 5.74) is 7.59. The van der Waals surface area contributed by atoms with E-state index in [1.807, 2.05) is 28.7 Å². The van der Waals surface area contributed by atoms with Crippen LogP contribution in [0, 0.1) is 0 Å². The summed E-state index contributed by atoms with van der Waals surface area (Å²) in [5.74, 6) is 0.594. The van der Waals surface area contributed by atoms with E-state index in [4.69, 9.17) is 22.2 Å². The van der Waals surface area contributed by atoms with Crippen molar-refractivity contribution in [1.29, 1.82) is 0 Å². The van der Waals surface area contributed by atoms with E-state index in [1.165, 1.54) is 0 Å². The fourth-order valence-corrected chi connectivity index (χ4v) is 4.20. The van der Waals surface area contributed by atoms with Crippen molar-refractivity contribution in [3.05, 3.63) is 54.1 Å². The number of benzene rings is 2. The normalized spacial score (nSPS) is 25.0. The Morgan fingerprint density at radius 1 is 1.08 bits per heavy atom. The van der Waals surface area contributed by atoms with Crippen molar-refractivity contribution in [3.8, 4) is 5.75 Å². The van der Waals surface area contributed by atoms with Crippen LogP contribution in [-0.4, -0.2) is 28.5 Å². The number of fused-ring (bicyclic) bond motifs is 2. The molecule has 0 spiro atoms. The lowest BCUT2D eigenvalue weighted by Gasteiger charge is -2.34. The Labute approximate surface area is 158 Å². The van der Waals surface area contributed by atoms with Crippen LogP contribution < -0.4 is 15.8 Å². The van der Waals surface area contributed by atoms with Crippen LogP contribution in [0.1, 0.15) is 36.0 Å². The quantitative estimate of drug-likeness (QED) is 0.628. The van der Waals surface area contributed by atoms with Gasteiger partial charge >= 0.3 is 0 Å². The molecule has 2 aromatic rings. The number of amides is 1. The molecular weight excluding hydrogens is 350 g/mol. The number of nitrogen functional groups attached to an aromatic ring is 1. The van der Waals surface area contributed by atoms with Gasteiger partial charge in [-0.05, 0) is 61.0 Å². The van der Waals surface area contributed by atoms with E-state index in [9.17, 15) is 4.79 Å². The third-order valence-electron chi connectivity index (χ3n) is 5.23. The third kappa shape index (κ3) is 3.50. The molecule has 0 saturated carbocycles. The van der Waals surface area contributed by atoms with Gasteiger partial charge in [-0.2, -0.15) is 0 Å². The van der Waals surface area contributed by atoms with Gasteiger partial charge in [-0.3, -0.25) is 4.79 Å². The summed E-state index contributed by atoms with van der Waals surface area (Å²) in [6, 6.07) is 15.3. The summed E-state index contributed by atoms with van der Waals surface area (Å²) in [4.78, 5) is 12.4. The number of anilines is 2. The number of carbonyl (C=O) groups is 1. The van der Waals surface area contributed by atoms with Gasteiger partial charge in [0.1, 0.15) is 11.9 Å². The van der Waals surface area contributed by atoms with Crippen LogP contribution in [0.5, 0.6) is 5.75 Å². The minimum absolute atomic E-state index is 0.186. The molecule has 26 heavy (non-hydrogen) atoms. The smallest absolute Gasteiger partial charge is 0.255 e. The highest BCUT2D eigenvalue weighted by molar-refractivity contribution is 6.14. The van der Waals surface area contributed by atoms with E-state index >= 15 is 0 Å². The molecule has 2 aliphatic heterocycles. The molecular formula is C20H22ClN3O2. The Kier molecular flexibility index (Phi) is 4.74. The number of nitrogens with two attached hydrogens (primary N) is 1. The van der Waals surface area contributed by atoms with Crippen molar-refractivity contribution in [2.45, 2.75) is 43.9 Å². The minimum atomic E-state index is -0.192. The van der Waals surface area contributed by atoms with Crippen LogP contribution in [0.15, 0.2) is 48.5 Å². The highest BCUT2D eigenvalue weighted by Gasteiger charge is 2.40. The molecule has 2 aliphatic rings. The average molecular weight is 372 g/mol. The molecule has 2 atom stereocenters. The number of nitrogens with zero attached hydrogens (tertiary/aromatic N) is 1. The molecule has 6 heteroatoms. The SMILES string of the molecule is Nc1ccccc1NC(=O)c1ccc(OC2CC3CCC(C2)N3Cl)cc1. The van der Waals surface area contributed by atoms with Crippen molar-refractivity contribution in [2.75, 3.05) is 11.1 Å². The van der Waals surface area contributed by atoms with E-state index in [0.717, 1.165) is 31.4 Å². The lowest BCUT2D eigenvalue weighted by atomic mass is 10.0. The molecule has 2 heterocycles. The summed E-state index contributed by atoms with van der Waals surface area (Å²) in [7, 11) is 0. The Balaban J connectivity index is 1.38. The average Bonchev–Trinajstić information content (AvgIpc) is 2.85. The number of piperidine rings is 1. The van der Waals surface area contributed by atoms with E-state index in [1.54, 1.807) is 24.3 Å². The van der Waals surface area contributed by atoms with E-state index in [2.05, 4.69) is 5.32 Å². The summed E-state index contributed by atoms with van der Waals surface area (Å²) in [6.45, 7) is 0. The molecule has 4 rings (SSSR count). The lowest BCUT2D eigenvalue weighted by Crippen LogP contribution is -2.41. The van der Waals surface area contributed by atoms with Crippen LogP contribution in [0.2, 0.25) is 0 Å². The second-order valence-corrected chi connectivity index (χ2v) is 7.40. The molecule has 2 fully saturated rings. The van der Waals surface area contributed by atoms with Gasteiger partial charge in [0.2, 0.25) is 0 Å². The van der Waals surface area contributed by atoms with E-state index < -0.39 is 0 Å². The topological polar surface area (TPSA) is 67.6 Å². The van der Waals surface area contributed by atoms with Crippen LogP contribution in [0.3, 0.4) is 0 Å². The van der Waals surface area contributed by atoms with E-state index in [-0.39, 0.29) is 12.0 Å². The number of rotatable bonds is 4. The second kappa shape index (κ2) is 7.17. The van der Waals surface area contributed by atoms with Crippen LogP contribution in [0.25, 0.3) is 0 Å². The molecule has 0 aliphatic carbocycles. The maximum absolute atomic E-state index is 12.4. The third-order valence-corrected chi connectivity index (χ3v) is 5.78. The monoisotopic (exact) mass is 371 g/mol. The van der Waals surface area contributed by atoms with Gasteiger partial charge in [0.05, 0.1) is 11.4 Å². The van der Waals surface area contributed by atoms with Crippen molar-refractivity contribution < 1.29 is 9.53 Å². The zero-order valence-corrected chi connectivity index (χ0v) is 15.2. The first-order chi connectivity index (χ1) is 12.6. The maximum Gasteiger partial charge on any atom is 0.255 e. The van der Waals surface area contributed by atoms with Gasteiger partial charge in [0.15, 0.2) is 0 Å². The molecule has 1 amide bonds. The van der Waals surface area contributed by atoms with Gasteiger partial charge in [-0.1, -0.05) is 12.1 Å². The lowest BCUT2D eigenvalue weighted by molar-refractivity contribution is 0.0971. The molecule has 0 aromatic heterocycles. The molecule has 2 bridgehead atoms. The highest BCUT2D eigenvalue weighted by Crippen LogP contribution is 2.38. The Hall–Kier alpha value is -2.24. The number of carbonyl (C=O) groups excluding carboxylic acids is 1. The maximum atomic E-state index is 12.4. The number of halogens is 1. The predicted molar refractivity (Wildman–Crippen MR) is 103 cm³/mol. The molecule has 3 N–H and O–H groups in total. The first-order valence-corrected chi connectivity index (χ1v) is 9.30. The van der Waals surface area contributed by atoms with Gasteiger partial charge in [0, 0.05) is 30.5 Å². The first-order valence-electron chi connectivity index (χ1n) is 8.97. The van der Waals surface area contributed by atoms with Gasteiger partial charge < -0.3 is 15.8 Å². The zero-order valence-electron chi connectivity index (χ0n) is 14.4. The Bertz CT molecular complexity index is 782. The molecule has 136 valence electrons. The fourth-order valence-electron chi connectivity index (χ4n) is 3.85. The summed E-state index contributed by atoms with van der Waals surface area (Å²) < 4.78 is 8.09. The van der Waals surface area contributed by atoms with Crippen LogP contribution in [-0.2, 0) is 0 Å². The standard InChI is InChI=1S/C20H22ClN3O2/c21-24-14-7-8-15(24)12-17(11-14)26-16-9-5-13(6-10-16)20(25)23-19-4-2-1-3-18(19)22/h1-6,9-10,14-15,17H,7-8,11-12,22H2,(H,23,25). The number of ether oxygens (including phenoxy) is 1. The Morgan fingerprint density at radius 2 is 1.73 bits per heavy atom. The van der Waals surface area contributed by atoms with Crippen molar-refractivity contribution in [1.82, 2.24) is 4.42 Å².